The van der Waals surface area contributed by atoms with Gasteiger partial charge in [0.2, 0.25) is 0 Å². The second-order valence-electron chi connectivity index (χ2n) is 5.68. The van der Waals surface area contributed by atoms with Crippen molar-refractivity contribution in [1.29, 1.82) is 5.26 Å². The zero-order valence-electron chi connectivity index (χ0n) is 13.7. The molecule has 0 unspecified atom stereocenters. The van der Waals surface area contributed by atoms with Crippen LogP contribution in [-0.4, -0.2) is 24.7 Å². The van der Waals surface area contributed by atoms with Gasteiger partial charge in [0.05, 0.1) is 16.2 Å². The van der Waals surface area contributed by atoms with Gasteiger partial charge in [0.15, 0.2) is 17.3 Å². The lowest BCUT2D eigenvalue weighted by Gasteiger charge is -2.11. The van der Waals surface area contributed by atoms with E-state index in [-0.39, 0.29) is 11.5 Å². The maximum Gasteiger partial charge on any atom is 0.183 e. The Morgan fingerprint density at radius 3 is 2.81 bits per heavy atom. The Kier molecular flexibility index (Phi) is 3.75. The molecule has 26 heavy (non-hydrogen) atoms. The van der Waals surface area contributed by atoms with Gasteiger partial charge in [-0.1, -0.05) is 17.7 Å². The summed E-state index contributed by atoms with van der Waals surface area (Å²) in [5.41, 5.74) is 8.60. The van der Waals surface area contributed by atoms with Crippen molar-refractivity contribution in [3.63, 3.8) is 0 Å². The van der Waals surface area contributed by atoms with E-state index in [1.165, 1.54) is 0 Å². The summed E-state index contributed by atoms with van der Waals surface area (Å²) >= 11 is 6.40. The van der Waals surface area contributed by atoms with Gasteiger partial charge in [-0.05, 0) is 31.2 Å². The Bertz CT molecular complexity index is 1190. The van der Waals surface area contributed by atoms with Crippen molar-refractivity contribution < 1.29 is 0 Å². The highest BCUT2D eigenvalue weighted by molar-refractivity contribution is 6.35. The van der Waals surface area contributed by atoms with Gasteiger partial charge in [-0.15, -0.1) is 0 Å². The fourth-order valence-electron chi connectivity index (χ4n) is 2.69. The molecule has 2 N–H and O–H groups in total. The largest absolute Gasteiger partial charge is 0.381 e. The van der Waals surface area contributed by atoms with Crippen LogP contribution in [0.25, 0.3) is 28.0 Å². The molecule has 8 heteroatoms. The quantitative estimate of drug-likeness (QED) is 0.587. The predicted octanol–water partition coefficient (Wildman–Crippen LogP) is 3.29. The van der Waals surface area contributed by atoms with Gasteiger partial charge in [0.1, 0.15) is 11.8 Å². The second-order valence-corrected chi connectivity index (χ2v) is 6.08. The molecule has 4 rings (SSSR count). The van der Waals surface area contributed by atoms with Crippen molar-refractivity contribution >= 4 is 28.3 Å². The lowest BCUT2D eigenvalue weighted by atomic mass is 10.1. The first-order valence-electron chi connectivity index (χ1n) is 7.71. The van der Waals surface area contributed by atoms with E-state index < -0.39 is 0 Å². The van der Waals surface area contributed by atoms with E-state index in [1.54, 1.807) is 23.1 Å². The average Bonchev–Trinajstić information content (AvgIpc) is 3.07. The summed E-state index contributed by atoms with van der Waals surface area (Å²) in [6.45, 7) is 1.87. The van der Waals surface area contributed by atoms with Crippen LogP contribution in [0.15, 0.2) is 42.7 Å². The molecular weight excluding hydrogens is 350 g/mol. The first kappa shape index (κ1) is 16.0. The van der Waals surface area contributed by atoms with Gasteiger partial charge in [0.25, 0.3) is 0 Å². The third kappa shape index (κ3) is 2.62. The molecular formula is C18H12ClN7. The highest BCUT2D eigenvalue weighted by atomic mass is 35.5. The molecule has 0 saturated carbocycles. The van der Waals surface area contributed by atoms with Crippen molar-refractivity contribution in [3.05, 3.63) is 59.1 Å². The van der Waals surface area contributed by atoms with E-state index in [4.69, 9.17) is 17.3 Å². The molecule has 0 aliphatic heterocycles. The van der Waals surface area contributed by atoms with E-state index in [0.29, 0.717) is 27.6 Å². The standard InChI is InChI=1S/C18H12ClN7/c1-10-4-6-26(25-10)18-16(23-14(9-20)17(21)24-18)12-7-11-3-2-5-22-15(11)13(19)8-12/h2-8H,1H3,(H2,21,24). The maximum atomic E-state index is 9.29. The third-order valence-corrected chi connectivity index (χ3v) is 4.17. The van der Waals surface area contributed by atoms with Crippen molar-refractivity contribution in [1.82, 2.24) is 24.7 Å². The SMILES string of the molecule is Cc1ccn(-c2nc(N)c(C#N)nc2-c2cc(Cl)c3ncccc3c2)n1. The smallest absolute Gasteiger partial charge is 0.183 e. The van der Waals surface area contributed by atoms with Crippen LogP contribution in [0.5, 0.6) is 0 Å². The number of aryl methyl sites for hydroxylation is 1. The third-order valence-electron chi connectivity index (χ3n) is 3.88. The molecule has 0 atom stereocenters. The zero-order valence-corrected chi connectivity index (χ0v) is 14.4. The first-order valence-corrected chi connectivity index (χ1v) is 8.09. The monoisotopic (exact) mass is 361 g/mol. The number of rotatable bonds is 2. The van der Waals surface area contributed by atoms with Crippen molar-refractivity contribution in [2.75, 3.05) is 5.73 Å². The van der Waals surface area contributed by atoms with Gasteiger partial charge in [0, 0.05) is 23.3 Å². The van der Waals surface area contributed by atoms with Gasteiger partial charge < -0.3 is 5.73 Å². The van der Waals surface area contributed by atoms with Crippen LogP contribution in [0.4, 0.5) is 5.82 Å². The number of pyridine rings is 1. The highest BCUT2D eigenvalue weighted by Crippen LogP contribution is 2.32. The number of benzene rings is 1. The number of aromatic nitrogens is 5. The number of nitrogen functional groups attached to an aromatic ring is 1. The molecule has 0 radical (unpaired) electrons. The summed E-state index contributed by atoms with van der Waals surface area (Å²) in [4.78, 5) is 13.0. The fourth-order valence-corrected chi connectivity index (χ4v) is 2.97. The number of hydrogen-bond acceptors (Lipinski definition) is 6. The number of halogens is 1. The minimum absolute atomic E-state index is 0.0490. The summed E-state index contributed by atoms with van der Waals surface area (Å²) in [7, 11) is 0. The Hall–Kier alpha value is -3.50. The zero-order chi connectivity index (χ0) is 18.3. The summed E-state index contributed by atoms with van der Waals surface area (Å²) in [6, 6.07) is 11.2. The maximum absolute atomic E-state index is 9.29. The Labute approximate surface area is 153 Å². The van der Waals surface area contributed by atoms with Gasteiger partial charge in [-0.25, -0.2) is 14.6 Å². The Morgan fingerprint density at radius 1 is 1.23 bits per heavy atom. The van der Waals surface area contributed by atoms with Crippen LogP contribution in [0.1, 0.15) is 11.4 Å². The minimum Gasteiger partial charge on any atom is -0.381 e. The van der Waals surface area contributed by atoms with E-state index in [2.05, 4.69) is 20.1 Å². The van der Waals surface area contributed by atoms with Crippen molar-refractivity contribution in [2.45, 2.75) is 6.92 Å². The lowest BCUT2D eigenvalue weighted by molar-refractivity contribution is 0.828. The van der Waals surface area contributed by atoms with E-state index in [9.17, 15) is 5.26 Å². The second kappa shape index (κ2) is 6.10. The molecule has 3 aromatic heterocycles. The average molecular weight is 362 g/mol. The fraction of sp³-hybridized carbons (Fsp3) is 0.0556. The summed E-state index contributed by atoms with van der Waals surface area (Å²) < 4.78 is 1.58. The lowest BCUT2D eigenvalue weighted by Crippen LogP contribution is -2.08. The normalized spacial score (nSPS) is 10.8. The number of fused-ring (bicyclic) bond motifs is 1. The van der Waals surface area contributed by atoms with Crippen LogP contribution < -0.4 is 5.73 Å². The number of nitriles is 1. The number of nitrogens with two attached hydrogens (primary N) is 1. The topological polar surface area (TPSA) is 106 Å². The van der Waals surface area contributed by atoms with Crippen LogP contribution in [0.2, 0.25) is 5.02 Å². The summed E-state index contributed by atoms with van der Waals surface area (Å²) in [5, 5.41) is 15.0. The summed E-state index contributed by atoms with van der Waals surface area (Å²) in [6.07, 6.45) is 3.45. The molecule has 0 aliphatic rings. The Morgan fingerprint density at radius 2 is 2.08 bits per heavy atom. The number of anilines is 1. The molecule has 3 heterocycles. The van der Waals surface area contributed by atoms with Crippen LogP contribution >= 0.6 is 11.6 Å². The molecule has 1 aromatic carbocycles. The van der Waals surface area contributed by atoms with E-state index >= 15 is 0 Å². The molecule has 0 bridgehead atoms. The molecule has 4 aromatic rings. The number of nitrogens with zero attached hydrogens (tertiary/aromatic N) is 6. The molecule has 0 amide bonds. The molecule has 0 fully saturated rings. The first-order chi connectivity index (χ1) is 12.6. The molecule has 0 spiro atoms. The van der Waals surface area contributed by atoms with E-state index in [1.807, 2.05) is 37.3 Å². The van der Waals surface area contributed by atoms with E-state index in [0.717, 1.165) is 11.1 Å². The minimum atomic E-state index is 0.0490. The Balaban J connectivity index is 2.03. The van der Waals surface area contributed by atoms with Gasteiger partial charge in [-0.2, -0.15) is 10.4 Å². The van der Waals surface area contributed by atoms with Crippen molar-refractivity contribution in [2.24, 2.45) is 0 Å². The van der Waals surface area contributed by atoms with Crippen LogP contribution in [0.3, 0.4) is 0 Å². The molecule has 0 saturated heterocycles. The van der Waals surface area contributed by atoms with Crippen molar-refractivity contribution in [3.8, 4) is 23.1 Å². The van der Waals surface area contributed by atoms with Gasteiger partial charge >= 0.3 is 0 Å². The molecule has 0 aliphatic carbocycles. The van der Waals surface area contributed by atoms with Crippen LogP contribution in [-0.2, 0) is 0 Å². The summed E-state index contributed by atoms with van der Waals surface area (Å²) in [5.74, 6) is 0.474. The number of hydrogen-bond donors (Lipinski definition) is 1. The van der Waals surface area contributed by atoms with Crippen LogP contribution in [0, 0.1) is 18.3 Å². The molecule has 126 valence electrons. The van der Waals surface area contributed by atoms with Gasteiger partial charge in [-0.3, -0.25) is 4.98 Å². The predicted molar refractivity (Wildman–Crippen MR) is 98.8 cm³/mol. The molecule has 7 nitrogen and oxygen atoms in total. The highest BCUT2D eigenvalue weighted by Gasteiger charge is 2.17.